The standard InChI is InChI=1S/C134H94N4/c1-6-30-95(31-7-1)133(96-32-8-2-9-33-96)117-48-24-20-40-101(117)105-62-55-90(80-121(105)133)128-108-43-15-17-45-110(108)130(91-56-63-106-102-41-21-25-49-118(102)134(122(106)81-91,97-34-10-3-11-35-97)98-36-12-4-13-37-98)114-77-87(52-65-112(114)128)94-59-68-126(138-84-94)125-66-57-92(82-136-125)85-69-73-132(74-70-85)116-47-23-19-39-100(116)104-61-54-89(79-120(104)132)129-109-44-16-14-42-107(109)127(88-53-60-103-99-38-18-22-46-115(99)131(119(103)78-88)71-27-5-28-72-131)111-64-51-86(76-113(111)129)93-58-67-124(137-83-93)123-50-26-29-75-135-123/h1-4,6-26,29-68,75-85H,5,27-28,69-74H2. The Balaban J connectivity index is 0.531. The molecule has 18 aromatic carbocycles. The fourth-order valence-electron chi connectivity index (χ4n) is 26.8. The van der Waals surface area contributed by atoms with Gasteiger partial charge in [0.1, 0.15) is 0 Å². The summed E-state index contributed by atoms with van der Waals surface area (Å²) in [6.07, 6.45) is 18.4. The second kappa shape index (κ2) is 31.6. The number of fused-ring (bicyclic) bond motifs is 20. The normalized spacial score (nSPS) is 16.3. The number of benzene rings is 18. The van der Waals surface area contributed by atoms with E-state index in [1.54, 1.807) is 0 Å². The van der Waals surface area contributed by atoms with Gasteiger partial charge in [0.25, 0.3) is 0 Å². The van der Waals surface area contributed by atoms with E-state index in [0.717, 1.165) is 76.3 Å². The van der Waals surface area contributed by atoms with E-state index in [4.69, 9.17) is 15.0 Å². The van der Waals surface area contributed by atoms with Crippen LogP contribution in [0.5, 0.6) is 0 Å². The van der Waals surface area contributed by atoms with Gasteiger partial charge in [0, 0.05) is 46.7 Å². The van der Waals surface area contributed by atoms with Gasteiger partial charge in [-0.1, -0.05) is 383 Å². The molecule has 4 aromatic heterocycles. The van der Waals surface area contributed by atoms with Crippen molar-refractivity contribution in [2.24, 2.45) is 0 Å². The summed E-state index contributed by atoms with van der Waals surface area (Å²) >= 11 is 0. The second-order valence-corrected chi connectivity index (χ2v) is 39.4. The van der Waals surface area contributed by atoms with Gasteiger partial charge in [-0.15, -0.1) is 0 Å². The average molecular weight is 1760 g/mol. The van der Waals surface area contributed by atoms with Crippen molar-refractivity contribution in [3.05, 3.63) is 528 Å². The Hall–Kier alpha value is -16.4. The summed E-state index contributed by atoms with van der Waals surface area (Å²) in [5, 5.41) is 9.78. The Labute approximate surface area is 804 Å². The summed E-state index contributed by atoms with van der Waals surface area (Å²) in [6, 6.07) is 164. The molecule has 0 N–H and O–H groups in total. The molecule has 0 bridgehead atoms. The van der Waals surface area contributed by atoms with E-state index in [1.165, 1.54) is 231 Å². The van der Waals surface area contributed by atoms with Crippen molar-refractivity contribution >= 4 is 43.1 Å². The minimum absolute atomic E-state index is 0.0223. The van der Waals surface area contributed by atoms with Gasteiger partial charge in [-0.25, -0.2) is 0 Å². The maximum Gasteiger partial charge on any atom is 0.0886 e. The van der Waals surface area contributed by atoms with Gasteiger partial charge in [0.15, 0.2) is 0 Å². The molecule has 0 radical (unpaired) electrons. The van der Waals surface area contributed by atoms with Crippen LogP contribution in [-0.4, -0.2) is 19.9 Å². The largest absolute Gasteiger partial charge is 0.255 e. The number of hydrogen-bond donors (Lipinski definition) is 0. The Morgan fingerprint density at radius 2 is 0.493 bits per heavy atom. The van der Waals surface area contributed by atoms with Crippen molar-refractivity contribution in [1.82, 2.24) is 19.9 Å². The summed E-state index contributed by atoms with van der Waals surface area (Å²) in [5.74, 6) is 0.343. The van der Waals surface area contributed by atoms with Crippen molar-refractivity contribution in [2.45, 2.75) is 85.4 Å². The summed E-state index contributed by atoms with van der Waals surface area (Å²) in [6.45, 7) is 0. The number of aromatic nitrogens is 4. The number of nitrogens with zero attached hydrogens (tertiary/aromatic N) is 4. The first-order chi connectivity index (χ1) is 68.4. The molecule has 4 heteroatoms. The molecule has 6 aliphatic rings. The molecule has 650 valence electrons. The lowest BCUT2D eigenvalue weighted by Crippen LogP contribution is -2.30. The van der Waals surface area contributed by atoms with Gasteiger partial charge in [0.05, 0.1) is 33.6 Å². The lowest BCUT2D eigenvalue weighted by molar-refractivity contribution is 0.320. The molecule has 2 fully saturated rings. The smallest absolute Gasteiger partial charge is 0.0886 e. The molecule has 138 heavy (non-hydrogen) atoms. The highest BCUT2D eigenvalue weighted by Gasteiger charge is 2.51. The molecule has 0 amide bonds. The van der Waals surface area contributed by atoms with E-state index < -0.39 is 10.8 Å². The zero-order valence-electron chi connectivity index (χ0n) is 76.5. The minimum atomic E-state index is -0.594. The molecule has 6 aliphatic carbocycles. The SMILES string of the molecule is c1ccc(C2(c3ccccc3)c3ccccc3-c3ccc(-c4c5ccccc5c(-c5ccc6c(c5)C(c5ccccc5)(c5ccccc5)c5ccccc5-6)c5cc(-c6ccc(-c7ccc(C8CCC9(CC8)c8ccccc8-c8ccc(-c%10c%11ccccc%11c(-c%11ccc%12c(c%11)C%11(CCCCC%11)c%11ccccc%11-%12)c%11ccc(-c%12ccc(-c%13ccccn%13)nc%12)cc%10%11)cc89)cn7)nc6)ccc45)cc32)cc1. The third-order valence-corrected chi connectivity index (χ3v) is 32.8. The van der Waals surface area contributed by atoms with Crippen molar-refractivity contribution in [1.29, 1.82) is 0 Å². The van der Waals surface area contributed by atoms with E-state index in [0.29, 0.717) is 5.92 Å². The zero-order valence-corrected chi connectivity index (χ0v) is 76.5. The molecule has 2 spiro atoms. The Bertz CT molecular complexity index is 8610. The molecule has 4 heterocycles. The van der Waals surface area contributed by atoms with Crippen LogP contribution in [0, 0.1) is 0 Å². The van der Waals surface area contributed by atoms with Crippen LogP contribution in [0.4, 0.5) is 0 Å². The molecule has 0 saturated heterocycles. The predicted molar refractivity (Wildman–Crippen MR) is 569 cm³/mol. The topological polar surface area (TPSA) is 51.6 Å². The third kappa shape index (κ3) is 11.9. The lowest BCUT2D eigenvalue weighted by Gasteiger charge is -2.39. The van der Waals surface area contributed by atoms with E-state index in [-0.39, 0.29) is 10.8 Å². The second-order valence-electron chi connectivity index (χ2n) is 39.4. The monoisotopic (exact) mass is 1760 g/mol. The fourth-order valence-corrected chi connectivity index (χ4v) is 26.8. The van der Waals surface area contributed by atoms with Gasteiger partial charge in [0.2, 0.25) is 0 Å². The highest BCUT2D eigenvalue weighted by molar-refractivity contribution is 6.24. The van der Waals surface area contributed by atoms with Gasteiger partial charge in [-0.2, -0.15) is 0 Å². The maximum absolute atomic E-state index is 5.36. The van der Waals surface area contributed by atoms with Gasteiger partial charge >= 0.3 is 0 Å². The maximum atomic E-state index is 5.36. The van der Waals surface area contributed by atoms with Crippen molar-refractivity contribution in [3.8, 4) is 134 Å². The van der Waals surface area contributed by atoms with Gasteiger partial charge in [-0.05, 0) is 327 Å². The Morgan fingerprint density at radius 3 is 0.877 bits per heavy atom. The molecular formula is C134H94N4. The summed E-state index contributed by atoms with van der Waals surface area (Å²) < 4.78 is 0. The fraction of sp³-hybridized carbons (Fsp3) is 0.104. The van der Waals surface area contributed by atoms with Gasteiger partial charge in [-0.3, -0.25) is 19.9 Å². The van der Waals surface area contributed by atoms with Crippen LogP contribution >= 0.6 is 0 Å². The molecule has 22 aromatic rings. The molecule has 0 atom stereocenters. The van der Waals surface area contributed by atoms with E-state index >= 15 is 0 Å². The quantitative estimate of drug-likeness (QED) is 0.108. The van der Waals surface area contributed by atoms with E-state index in [2.05, 4.69) is 430 Å². The van der Waals surface area contributed by atoms with Crippen LogP contribution < -0.4 is 0 Å². The Kier molecular flexibility index (Phi) is 18.3. The van der Waals surface area contributed by atoms with Crippen LogP contribution in [0.3, 0.4) is 0 Å². The van der Waals surface area contributed by atoms with Gasteiger partial charge < -0.3 is 0 Å². The molecule has 4 nitrogen and oxygen atoms in total. The first-order valence-corrected chi connectivity index (χ1v) is 49.4. The predicted octanol–water partition coefficient (Wildman–Crippen LogP) is 33.8. The minimum Gasteiger partial charge on any atom is -0.255 e. The number of rotatable bonds is 13. The summed E-state index contributed by atoms with van der Waals surface area (Å²) in [7, 11) is 0. The van der Waals surface area contributed by atoms with Crippen molar-refractivity contribution < 1.29 is 0 Å². The molecule has 28 rings (SSSR count). The highest BCUT2D eigenvalue weighted by Crippen LogP contribution is 2.64. The van der Waals surface area contributed by atoms with Crippen LogP contribution in [0.25, 0.3) is 177 Å². The van der Waals surface area contributed by atoms with Crippen molar-refractivity contribution in [3.63, 3.8) is 0 Å². The zero-order chi connectivity index (χ0) is 90.8. The average Bonchev–Trinajstić information content (AvgIpc) is 1.54. The van der Waals surface area contributed by atoms with E-state index in [9.17, 15) is 0 Å². The van der Waals surface area contributed by atoms with Crippen LogP contribution in [0.1, 0.15) is 136 Å². The molecule has 0 aliphatic heterocycles. The van der Waals surface area contributed by atoms with E-state index in [1.807, 2.05) is 30.6 Å². The highest BCUT2D eigenvalue weighted by atomic mass is 14.8. The van der Waals surface area contributed by atoms with Crippen molar-refractivity contribution in [2.75, 3.05) is 0 Å². The first-order valence-electron chi connectivity index (χ1n) is 49.4. The molecule has 0 unspecified atom stereocenters. The third-order valence-electron chi connectivity index (χ3n) is 32.8. The first kappa shape index (κ1) is 80.1. The number of pyridine rings is 4. The summed E-state index contributed by atoms with van der Waals surface area (Å²) in [4.78, 5) is 20.4. The lowest BCUT2D eigenvalue weighted by atomic mass is 9.64. The number of hydrogen-bond acceptors (Lipinski definition) is 4. The van der Waals surface area contributed by atoms with Crippen LogP contribution in [0.15, 0.2) is 455 Å². The molecule has 2 saturated carbocycles. The Morgan fingerprint density at radius 1 is 0.188 bits per heavy atom. The summed E-state index contributed by atoms with van der Waals surface area (Å²) in [5.41, 5.74) is 44.2. The molecular weight excluding hydrogens is 1670 g/mol. The van der Waals surface area contributed by atoms with Crippen LogP contribution in [0.2, 0.25) is 0 Å². The van der Waals surface area contributed by atoms with Crippen LogP contribution in [-0.2, 0) is 21.7 Å².